The molecule has 0 saturated carbocycles. The molecule has 2 heterocycles. The topological polar surface area (TPSA) is 52.7 Å². The highest BCUT2D eigenvalue weighted by atomic mass is 35.5. The van der Waals surface area contributed by atoms with E-state index in [1.807, 2.05) is 43.0 Å². The van der Waals surface area contributed by atoms with Gasteiger partial charge in [-0.25, -0.2) is 4.79 Å². The Morgan fingerprint density at radius 3 is 2.13 bits per heavy atom. The fourth-order valence-corrected chi connectivity index (χ4v) is 5.43. The molecule has 0 bridgehead atoms. The fourth-order valence-electron chi connectivity index (χ4n) is 4.77. The minimum Gasteiger partial charge on any atom is -0.332 e. The van der Waals surface area contributed by atoms with E-state index in [1.54, 1.807) is 23.1 Å². The minimum absolute atomic E-state index is 0.00536. The average Bonchev–Trinajstić information content (AvgIpc) is 2.71. The maximum Gasteiger partial charge on any atom is 0.321 e. The van der Waals surface area contributed by atoms with Crippen molar-refractivity contribution in [3.8, 4) is 0 Å². The van der Waals surface area contributed by atoms with Crippen molar-refractivity contribution in [1.29, 1.82) is 0 Å². The summed E-state index contributed by atoms with van der Waals surface area (Å²) in [5.74, 6) is 0.170. The average molecular weight is 481 g/mol. The number of benzene rings is 2. The van der Waals surface area contributed by atoms with Crippen LogP contribution in [0.2, 0.25) is 15.1 Å². The van der Waals surface area contributed by atoms with Crippen LogP contribution in [0, 0.1) is 5.41 Å². The van der Waals surface area contributed by atoms with Gasteiger partial charge >= 0.3 is 6.03 Å². The first-order valence-electron chi connectivity index (χ1n) is 10.3. The lowest BCUT2D eigenvalue weighted by atomic mass is 9.62. The first-order chi connectivity index (χ1) is 14.7. The lowest BCUT2D eigenvalue weighted by molar-refractivity contribution is -0.184. The molecule has 2 aliphatic heterocycles. The molecule has 2 aromatic carbocycles. The van der Waals surface area contributed by atoms with Gasteiger partial charge in [-0.3, -0.25) is 4.79 Å². The second-order valence-corrected chi connectivity index (χ2v) is 9.80. The van der Waals surface area contributed by atoms with E-state index in [4.69, 9.17) is 34.8 Å². The summed E-state index contributed by atoms with van der Waals surface area (Å²) in [6.07, 6.45) is 1.23. The van der Waals surface area contributed by atoms with Crippen LogP contribution in [0.5, 0.6) is 0 Å². The van der Waals surface area contributed by atoms with Gasteiger partial charge in [-0.15, -0.1) is 0 Å². The van der Waals surface area contributed by atoms with Crippen molar-refractivity contribution in [3.63, 3.8) is 0 Å². The first kappa shape index (κ1) is 22.3. The van der Waals surface area contributed by atoms with Crippen LogP contribution in [0.25, 0.3) is 0 Å². The van der Waals surface area contributed by atoms with E-state index < -0.39 is 5.41 Å². The predicted octanol–water partition coefficient (Wildman–Crippen LogP) is 6.25. The molecule has 2 aromatic rings. The number of nitrogens with one attached hydrogen (secondary N) is 1. The number of hydrogen-bond donors (Lipinski definition) is 1. The standard InChI is InChI=1S/C23H24Cl3N3O2/c1-14(2)29-20(15-3-5-16(24)6-4-15)23(21(29)30)7-9-28(10-8-23)22(31)27-19-12-17(25)11-18(26)13-19/h3-6,11-14,20H,7-10H2,1-2H3,(H,27,31). The molecule has 1 atom stereocenters. The number of β-lactam (4-membered cyclic amide) rings is 1. The molecule has 1 unspecified atom stereocenters. The van der Waals surface area contributed by atoms with Crippen molar-refractivity contribution in [2.75, 3.05) is 18.4 Å². The Morgan fingerprint density at radius 1 is 1.00 bits per heavy atom. The van der Waals surface area contributed by atoms with E-state index in [-0.39, 0.29) is 24.0 Å². The van der Waals surface area contributed by atoms with Gasteiger partial charge in [0.1, 0.15) is 0 Å². The zero-order chi connectivity index (χ0) is 22.3. The molecule has 8 heteroatoms. The number of halogens is 3. The molecule has 3 amide bonds. The third-order valence-corrected chi connectivity index (χ3v) is 6.95. The molecule has 0 aromatic heterocycles. The first-order valence-corrected chi connectivity index (χ1v) is 11.4. The predicted molar refractivity (Wildman–Crippen MR) is 125 cm³/mol. The molecule has 1 spiro atoms. The molecule has 31 heavy (non-hydrogen) atoms. The van der Waals surface area contributed by atoms with Crippen LogP contribution in [0.4, 0.5) is 10.5 Å². The summed E-state index contributed by atoms with van der Waals surface area (Å²) < 4.78 is 0. The number of likely N-dealkylation sites (tertiary alicyclic amines) is 2. The van der Waals surface area contributed by atoms with Gasteiger partial charge in [0, 0.05) is 39.9 Å². The lowest BCUT2D eigenvalue weighted by Gasteiger charge is -2.60. The maximum atomic E-state index is 13.2. The van der Waals surface area contributed by atoms with Crippen molar-refractivity contribution in [2.45, 2.75) is 38.8 Å². The van der Waals surface area contributed by atoms with Gasteiger partial charge < -0.3 is 15.1 Å². The van der Waals surface area contributed by atoms with Crippen molar-refractivity contribution in [3.05, 3.63) is 63.1 Å². The number of urea groups is 1. The van der Waals surface area contributed by atoms with E-state index in [1.165, 1.54) is 0 Å². The number of carbonyl (C=O) groups is 2. The van der Waals surface area contributed by atoms with Crippen molar-refractivity contribution < 1.29 is 9.59 Å². The molecule has 5 nitrogen and oxygen atoms in total. The number of hydrogen-bond acceptors (Lipinski definition) is 2. The minimum atomic E-state index is -0.478. The highest BCUT2D eigenvalue weighted by Gasteiger charge is 2.62. The second-order valence-electron chi connectivity index (χ2n) is 8.49. The Kier molecular flexibility index (Phi) is 6.12. The van der Waals surface area contributed by atoms with E-state index in [2.05, 4.69) is 5.32 Å². The Labute approximate surface area is 197 Å². The summed E-state index contributed by atoms with van der Waals surface area (Å²) in [6, 6.07) is 12.5. The molecular formula is C23H24Cl3N3O2. The number of rotatable bonds is 3. The molecular weight excluding hydrogens is 457 g/mol. The van der Waals surface area contributed by atoms with Crippen molar-refractivity contribution in [2.24, 2.45) is 5.41 Å². The van der Waals surface area contributed by atoms with Crippen LogP contribution >= 0.6 is 34.8 Å². The van der Waals surface area contributed by atoms with E-state index in [0.717, 1.165) is 5.56 Å². The van der Waals surface area contributed by atoms with Gasteiger partial charge in [0.2, 0.25) is 5.91 Å². The Bertz CT molecular complexity index is 981. The summed E-state index contributed by atoms with van der Waals surface area (Å²) in [5.41, 5.74) is 1.16. The highest BCUT2D eigenvalue weighted by molar-refractivity contribution is 6.35. The van der Waals surface area contributed by atoms with E-state index in [0.29, 0.717) is 46.7 Å². The van der Waals surface area contributed by atoms with Crippen LogP contribution in [-0.2, 0) is 4.79 Å². The quantitative estimate of drug-likeness (QED) is 0.528. The van der Waals surface area contributed by atoms with Crippen LogP contribution in [0.1, 0.15) is 38.3 Å². The SMILES string of the molecule is CC(C)N1C(=O)C2(CCN(C(=O)Nc3cc(Cl)cc(Cl)c3)CC2)C1c1ccc(Cl)cc1. The van der Waals surface area contributed by atoms with Gasteiger partial charge in [0.05, 0.1) is 11.5 Å². The fraction of sp³-hybridized carbons (Fsp3) is 0.391. The normalized spacial score (nSPS) is 20.2. The second kappa shape index (κ2) is 8.53. The monoisotopic (exact) mass is 479 g/mol. The zero-order valence-corrected chi connectivity index (χ0v) is 19.6. The third kappa shape index (κ3) is 4.11. The molecule has 2 fully saturated rings. The van der Waals surface area contributed by atoms with Gasteiger partial charge in [-0.1, -0.05) is 46.9 Å². The Morgan fingerprint density at radius 2 is 1.58 bits per heavy atom. The molecule has 4 rings (SSSR count). The maximum absolute atomic E-state index is 13.2. The van der Waals surface area contributed by atoms with E-state index >= 15 is 0 Å². The number of carbonyl (C=O) groups excluding carboxylic acids is 2. The van der Waals surface area contributed by atoms with Gasteiger partial charge in [0.25, 0.3) is 0 Å². The number of anilines is 1. The summed E-state index contributed by atoms with van der Waals surface area (Å²) in [7, 11) is 0. The Hall–Kier alpha value is -1.95. The van der Waals surface area contributed by atoms with Crippen molar-refractivity contribution in [1.82, 2.24) is 9.80 Å². The number of amides is 3. The summed E-state index contributed by atoms with van der Waals surface area (Å²) >= 11 is 18.1. The molecule has 0 aliphatic carbocycles. The third-order valence-electron chi connectivity index (χ3n) is 6.26. The van der Waals surface area contributed by atoms with Crippen molar-refractivity contribution >= 4 is 52.4 Å². The van der Waals surface area contributed by atoms with Crippen LogP contribution < -0.4 is 5.32 Å². The Balaban J connectivity index is 1.49. The van der Waals surface area contributed by atoms with Gasteiger partial charge in [-0.2, -0.15) is 0 Å². The van der Waals surface area contributed by atoms with Gasteiger partial charge in [0.15, 0.2) is 0 Å². The molecule has 1 N–H and O–H groups in total. The molecule has 164 valence electrons. The van der Waals surface area contributed by atoms with E-state index in [9.17, 15) is 9.59 Å². The van der Waals surface area contributed by atoms with Crippen LogP contribution in [-0.4, -0.2) is 40.9 Å². The lowest BCUT2D eigenvalue weighted by Crippen LogP contribution is -2.68. The largest absolute Gasteiger partial charge is 0.332 e. The summed E-state index contributed by atoms with van der Waals surface area (Å²) in [5, 5.41) is 4.44. The van der Waals surface area contributed by atoms with Gasteiger partial charge in [-0.05, 0) is 62.6 Å². The number of piperidine rings is 1. The summed E-state index contributed by atoms with van der Waals surface area (Å²) in [6.45, 7) is 5.07. The highest BCUT2D eigenvalue weighted by Crippen LogP contribution is 2.56. The smallest absolute Gasteiger partial charge is 0.321 e. The zero-order valence-electron chi connectivity index (χ0n) is 17.4. The summed E-state index contributed by atoms with van der Waals surface area (Å²) in [4.78, 5) is 29.7. The number of nitrogens with zero attached hydrogens (tertiary/aromatic N) is 2. The molecule has 2 aliphatic rings. The van der Waals surface area contributed by atoms with Crippen LogP contribution in [0.15, 0.2) is 42.5 Å². The molecule has 0 radical (unpaired) electrons. The van der Waals surface area contributed by atoms with Crippen LogP contribution in [0.3, 0.4) is 0 Å². The molecule has 2 saturated heterocycles.